The summed E-state index contributed by atoms with van der Waals surface area (Å²) in [6.07, 6.45) is 0.771. The Morgan fingerprint density at radius 1 is 1.14 bits per heavy atom. The van der Waals surface area contributed by atoms with E-state index in [1.165, 1.54) is 12.1 Å². The van der Waals surface area contributed by atoms with Crippen LogP contribution in [0.5, 0.6) is 11.5 Å². The van der Waals surface area contributed by atoms with Crippen molar-refractivity contribution in [3.63, 3.8) is 0 Å². The second-order valence-corrected chi connectivity index (χ2v) is 5.42. The second kappa shape index (κ2) is 7.43. The molecule has 0 bridgehead atoms. The summed E-state index contributed by atoms with van der Waals surface area (Å²) in [5.74, 6) is 1.01. The molecule has 0 atom stereocenters. The first-order valence-electron chi connectivity index (χ1n) is 6.57. The first-order valence-corrected chi connectivity index (χ1v) is 7.37. The SMILES string of the molecule is COc1cc(CCN)cc(Br)c1OCc1ccc(F)cc1. The van der Waals surface area contributed by atoms with Gasteiger partial charge in [0.05, 0.1) is 11.6 Å². The zero-order valence-corrected chi connectivity index (χ0v) is 13.3. The predicted molar refractivity (Wildman–Crippen MR) is 84.2 cm³/mol. The van der Waals surface area contributed by atoms with E-state index in [0.29, 0.717) is 24.7 Å². The van der Waals surface area contributed by atoms with Gasteiger partial charge < -0.3 is 15.2 Å². The van der Waals surface area contributed by atoms with E-state index in [1.54, 1.807) is 19.2 Å². The van der Waals surface area contributed by atoms with Gasteiger partial charge in [0, 0.05) is 0 Å². The number of halogens is 2. The molecule has 5 heteroatoms. The summed E-state index contributed by atoms with van der Waals surface area (Å²) in [5, 5.41) is 0. The first-order chi connectivity index (χ1) is 10.1. The van der Waals surface area contributed by atoms with Crippen molar-refractivity contribution in [2.45, 2.75) is 13.0 Å². The van der Waals surface area contributed by atoms with Crippen LogP contribution in [0.3, 0.4) is 0 Å². The van der Waals surface area contributed by atoms with Crippen molar-refractivity contribution in [3.8, 4) is 11.5 Å². The Kier molecular flexibility index (Phi) is 5.59. The Bertz CT molecular complexity index is 602. The van der Waals surface area contributed by atoms with E-state index >= 15 is 0 Å². The van der Waals surface area contributed by atoms with Crippen LogP contribution in [0.2, 0.25) is 0 Å². The molecule has 0 unspecified atom stereocenters. The van der Waals surface area contributed by atoms with Crippen LogP contribution in [0.15, 0.2) is 40.9 Å². The summed E-state index contributed by atoms with van der Waals surface area (Å²) < 4.78 is 24.8. The molecule has 112 valence electrons. The standard InChI is InChI=1S/C16H17BrFNO2/c1-20-15-9-12(6-7-19)8-14(17)16(15)21-10-11-2-4-13(18)5-3-11/h2-5,8-9H,6-7,10,19H2,1H3. The van der Waals surface area contributed by atoms with E-state index in [9.17, 15) is 4.39 Å². The fourth-order valence-electron chi connectivity index (χ4n) is 1.96. The quantitative estimate of drug-likeness (QED) is 0.861. The molecule has 0 amide bonds. The molecule has 3 nitrogen and oxygen atoms in total. The molecule has 0 radical (unpaired) electrons. The maximum Gasteiger partial charge on any atom is 0.175 e. The fourth-order valence-corrected chi connectivity index (χ4v) is 2.56. The van der Waals surface area contributed by atoms with Crippen molar-refractivity contribution >= 4 is 15.9 Å². The van der Waals surface area contributed by atoms with E-state index in [2.05, 4.69) is 15.9 Å². The fraction of sp³-hybridized carbons (Fsp3) is 0.250. The Morgan fingerprint density at radius 2 is 1.86 bits per heavy atom. The molecule has 0 saturated heterocycles. The number of rotatable bonds is 6. The monoisotopic (exact) mass is 353 g/mol. The van der Waals surface area contributed by atoms with E-state index in [-0.39, 0.29) is 5.82 Å². The Hall–Kier alpha value is -1.59. The lowest BCUT2D eigenvalue weighted by Crippen LogP contribution is -2.04. The normalized spacial score (nSPS) is 10.5. The van der Waals surface area contributed by atoms with Crippen LogP contribution >= 0.6 is 15.9 Å². The minimum absolute atomic E-state index is 0.261. The second-order valence-electron chi connectivity index (χ2n) is 4.56. The molecular weight excluding hydrogens is 337 g/mol. The average molecular weight is 354 g/mol. The van der Waals surface area contributed by atoms with Crippen LogP contribution in [-0.4, -0.2) is 13.7 Å². The topological polar surface area (TPSA) is 44.5 Å². The number of benzene rings is 2. The van der Waals surface area contributed by atoms with Crippen LogP contribution in [-0.2, 0) is 13.0 Å². The number of hydrogen-bond acceptors (Lipinski definition) is 3. The summed E-state index contributed by atoms with van der Waals surface area (Å²) in [6, 6.07) is 10.1. The molecule has 2 aromatic carbocycles. The van der Waals surface area contributed by atoms with Crippen molar-refractivity contribution < 1.29 is 13.9 Å². The number of ether oxygens (including phenoxy) is 2. The lowest BCUT2D eigenvalue weighted by Gasteiger charge is -2.14. The highest BCUT2D eigenvalue weighted by molar-refractivity contribution is 9.10. The minimum atomic E-state index is -0.261. The van der Waals surface area contributed by atoms with E-state index in [4.69, 9.17) is 15.2 Å². The van der Waals surface area contributed by atoms with Crippen molar-refractivity contribution in [2.75, 3.05) is 13.7 Å². The Morgan fingerprint density at radius 3 is 2.48 bits per heavy atom. The van der Waals surface area contributed by atoms with Gasteiger partial charge in [0.25, 0.3) is 0 Å². The zero-order valence-electron chi connectivity index (χ0n) is 11.7. The first kappa shape index (κ1) is 15.8. The Labute approximate surface area is 132 Å². The molecule has 2 rings (SSSR count). The van der Waals surface area contributed by atoms with Crippen LogP contribution < -0.4 is 15.2 Å². The number of methoxy groups -OCH3 is 1. The summed E-state index contributed by atoms with van der Waals surface area (Å²) >= 11 is 3.49. The molecule has 2 N–H and O–H groups in total. The molecule has 0 fully saturated rings. The maximum atomic E-state index is 12.9. The van der Waals surface area contributed by atoms with Crippen molar-refractivity contribution in [3.05, 3.63) is 57.8 Å². The van der Waals surface area contributed by atoms with E-state index < -0.39 is 0 Å². The lowest BCUT2D eigenvalue weighted by molar-refractivity contribution is 0.282. The molecule has 21 heavy (non-hydrogen) atoms. The van der Waals surface area contributed by atoms with Gasteiger partial charge in [-0.15, -0.1) is 0 Å². The maximum absolute atomic E-state index is 12.9. The van der Waals surface area contributed by atoms with Crippen molar-refractivity contribution in [1.82, 2.24) is 0 Å². The molecule has 0 aliphatic heterocycles. The average Bonchev–Trinajstić information content (AvgIpc) is 2.47. The van der Waals surface area contributed by atoms with Gasteiger partial charge in [-0.2, -0.15) is 0 Å². The van der Waals surface area contributed by atoms with Gasteiger partial charge in [0.2, 0.25) is 0 Å². The van der Waals surface area contributed by atoms with Crippen molar-refractivity contribution in [1.29, 1.82) is 0 Å². The third-order valence-electron chi connectivity index (χ3n) is 3.02. The van der Waals surface area contributed by atoms with Gasteiger partial charge in [0.15, 0.2) is 11.5 Å². The molecular formula is C16H17BrFNO2. The smallest absolute Gasteiger partial charge is 0.175 e. The molecule has 0 aliphatic rings. The van der Waals surface area contributed by atoms with Gasteiger partial charge in [-0.3, -0.25) is 0 Å². The zero-order chi connectivity index (χ0) is 15.2. The van der Waals surface area contributed by atoms with Gasteiger partial charge in [-0.1, -0.05) is 12.1 Å². The van der Waals surface area contributed by atoms with Gasteiger partial charge in [0.1, 0.15) is 12.4 Å². The molecule has 2 aromatic rings. The summed E-state index contributed by atoms with van der Waals surface area (Å²) in [4.78, 5) is 0. The van der Waals surface area contributed by atoms with Crippen LogP contribution in [0, 0.1) is 5.82 Å². The highest BCUT2D eigenvalue weighted by Crippen LogP contribution is 2.37. The largest absolute Gasteiger partial charge is 0.493 e. The number of hydrogen-bond donors (Lipinski definition) is 1. The predicted octanol–water partition coefficient (Wildman–Crippen LogP) is 3.68. The number of nitrogens with two attached hydrogens (primary N) is 1. The molecule has 0 spiro atoms. The highest BCUT2D eigenvalue weighted by atomic mass is 79.9. The molecule has 0 saturated carbocycles. The Balaban J connectivity index is 2.16. The summed E-state index contributed by atoms with van der Waals surface area (Å²) in [5.41, 5.74) is 7.53. The minimum Gasteiger partial charge on any atom is -0.493 e. The van der Waals surface area contributed by atoms with E-state index in [0.717, 1.165) is 22.0 Å². The van der Waals surface area contributed by atoms with Gasteiger partial charge in [-0.25, -0.2) is 4.39 Å². The summed E-state index contributed by atoms with van der Waals surface area (Å²) in [6.45, 7) is 0.914. The third kappa shape index (κ3) is 4.19. The molecule has 0 aliphatic carbocycles. The van der Waals surface area contributed by atoms with Crippen LogP contribution in [0.4, 0.5) is 4.39 Å². The molecule has 0 heterocycles. The lowest BCUT2D eigenvalue weighted by atomic mass is 10.1. The van der Waals surface area contributed by atoms with Crippen LogP contribution in [0.1, 0.15) is 11.1 Å². The van der Waals surface area contributed by atoms with Gasteiger partial charge >= 0.3 is 0 Å². The highest BCUT2D eigenvalue weighted by Gasteiger charge is 2.11. The van der Waals surface area contributed by atoms with Crippen LogP contribution in [0.25, 0.3) is 0 Å². The third-order valence-corrected chi connectivity index (χ3v) is 3.61. The van der Waals surface area contributed by atoms with Gasteiger partial charge in [-0.05, 0) is 64.3 Å². The van der Waals surface area contributed by atoms with E-state index in [1.807, 2.05) is 12.1 Å². The summed E-state index contributed by atoms with van der Waals surface area (Å²) in [7, 11) is 1.60. The van der Waals surface area contributed by atoms with Crippen molar-refractivity contribution in [2.24, 2.45) is 5.73 Å². The molecule has 0 aromatic heterocycles.